The van der Waals surface area contributed by atoms with Gasteiger partial charge in [0.2, 0.25) is 0 Å². The minimum absolute atomic E-state index is 0.158. The molecule has 0 amide bonds. The lowest BCUT2D eigenvalue weighted by Gasteiger charge is -2.11. The third-order valence-corrected chi connectivity index (χ3v) is 2.69. The highest BCUT2D eigenvalue weighted by Crippen LogP contribution is 2.17. The van der Waals surface area contributed by atoms with Crippen LogP contribution in [0, 0.1) is 5.82 Å². The number of hydrogen-bond acceptors (Lipinski definition) is 1. The molecule has 0 aliphatic rings. The van der Waals surface area contributed by atoms with Gasteiger partial charge in [-0.3, -0.25) is 0 Å². The van der Waals surface area contributed by atoms with Crippen molar-refractivity contribution in [3.8, 4) is 0 Å². The van der Waals surface area contributed by atoms with Crippen LogP contribution in [0.2, 0.25) is 0 Å². The van der Waals surface area contributed by atoms with Crippen LogP contribution >= 0.6 is 0 Å². The highest BCUT2D eigenvalue weighted by molar-refractivity contribution is 5.80. The van der Waals surface area contributed by atoms with Gasteiger partial charge in [-0.25, -0.2) is 4.39 Å². The summed E-state index contributed by atoms with van der Waals surface area (Å²) < 4.78 is 15.0. The van der Waals surface area contributed by atoms with Gasteiger partial charge in [0.05, 0.1) is 0 Å². The standard InChI is InChI=1S/C12H15FN2/c1-2-11(14)8-15-6-5-9-7-10(13)3-4-12(9)15/h3-7,11H,2,8,14H2,1H3. The topological polar surface area (TPSA) is 30.9 Å². The van der Waals surface area contributed by atoms with Crippen LogP contribution < -0.4 is 5.73 Å². The molecular formula is C12H15FN2. The number of halogens is 1. The van der Waals surface area contributed by atoms with E-state index >= 15 is 0 Å². The van der Waals surface area contributed by atoms with Crippen LogP contribution in [0.3, 0.4) is 0 Å². The summed E-state index contributed by atoms with van der Waals surface area (Å²) in [5.41, 5.74) is 6.93. The largest absolute Gasteiger partial charge is 0.346 e. The molecule has 2 nitrogen and oxygen atoms in total. The van der Waals surface area contributed by atoms with Crippen LogP contribution in [0.5, 0.6) is 0 Å². The molecule has 1 aromatic carbocycles. The highest BCUT2D eigenvalue weighted by Gasteiger charge is 2.05. The lowest BCUT2D eigenvalue weighted by Crippen LogP contribution is -2.24. The SMILES string of the molecule is CCC(N)Cn1ccc2cc(F)ccc21. The minimum atomic E-state index is -0.194. The molecule has 1 heterocycles. The summed E-state index contributed by atoms with van der Waals surface area (Å²) in [6.07, 6.45) is 2.90. The van der Waals surface area contributed by atoms with Crippen LogP contribution in [0.4, 0.5) is 4.39 Å². The summed E-state index contributed by atoms with van der Waals surface area (Å²) in [4.78, 5) is 0. The van der Waals surface area contributed by atoms with Crippen molar-refractivity contribution in [2.75, 3.05) is 0 Å². The average molecular weight is 206 g/mol. The van der Waals surface area contributed by atoms with E-state index in [1.54, 1.807) is 12.1 Å². The number of nitrogens with two attached hydrogens (primary N) is 1. The second-order valence-electron chi connectivity index (χ2n) is 3.84. The molecule has 2 rings (SSSR count). The van der Waals surface area contributed by atoms with Crippen LogP contribution in [-0.2, 0) is 6.54 Å². The first-order chi connectivity index (χ1) is 7.20. The number of hydrogen-bond donors (Lipinski definition) is 1. The van der Waals surface area contributed by atoms with Crippen molar-refractivity contribution < 1.29 is 4.39 Å². The second kappa shape index (κ2) is 4.03. The Morgan fingerprint density at radius 2 is 2.20 bits per heavy atom. The van der Waals surface area contributed by atoms with Crippen molar-refractivity contribution >= 4 is 10.9 Å². The van der Waals surface area contributed by atoms with Gasteiger partial charge in [0.25, 0.3) is 0 Å². The maximum atomic E-state index is 12.9. The van der Waals surface area contributed by atoms with Gasteiger partial charge < -0.3 is 10.3 Å². The first-order valence-electron chi connectivity index (χ1n) is 5.20. The molecule has 1 aromatic heterocycles. The van der Waals surface area contributed by atoms with Gasteiger partial charge in [-0.2, -0.15) is 0 Å². The first kappa shape index (κ1) is 10.2. The van der Waals surface area contributed by atoms with E-state index < -0.39 is 0 Å². The first-order valence-corrected chi connectivity index (χ1v) is 5.20. The predicted molar refractivity (Wildman–Crippen MR) is 60.2 cm³/mol. The van der Waals surface area contributed by atoms with Gasteiger partial charge in [0.15, 0.2) is 0 Å². The molecule has 0 aliphatic carbocycles. The number of aromatic nitrogens is 1. The molecule has 0 bridgehead atoms. The van der Waals surface area contributed by atoms with Crippen LogP contribution in [0.15, 0.2) is 30.5 Å². The van der Waals surface area contributed by atoms with Gasteiger partial charge in [0, 0.05) is 29.7 Å². The van der Waals surface area contributed by atoms with E-state index in [0.717, 1.165) is 23.9 Å². The highest BCUT2D eigenvalue weighted by atomic mass is 19.1. The third kappa shape index (κ3) is 2.02. The second-order valence-corrected chi connectivity index (χ2v) is 3.84. The molecule has 0 aliphatic heterocycles. The number of benzene rings is 1. The molecular weight excluding hydrogens is 191 g/mol. The van der Waals surface area contributed by atoms with Crippen molar-refractivity contribution in [3.05, 3.63) is 36.3 Å². The minimum Gasteiger partial charge on any atom is -0.346 e. The van der Waals surface area contributed by atoms with E-state index in [1.165, 1.54) is 6.07 Å². The number of nitrogens with zero attached hydrogens (tertiary/aromatic N) is 1. The van der Waals surface area contributed by atoms with Gasteiger partial charge >= 0.3 is 0 Å². The Labute approximate surface area is 88.5 Å². The smallest absolute Gasteiger partial charge is 0.123 e. The number of fused-ring (bicyclic) bond motifs is 1. The van der Waals surface area contributed by atoms with Crippen LogP contribution in [-0.4, -0.2) is 10.6 Å². The van der Waals surface area contributed by atoms with E-state index in [4.69, 9.17) is 5.73 Å². The van der Waals surface area contributed by atoms with E-state index in [1.807, 2.05) is 12.3 Å². The molecule has 2 aromatic rings. The molecule has 15 heavy (non-hydrogen) atoms. The average Bonchev–Trinajstić information content (AvgIpc) is 2.60. The van der Waals surface area contributed by atoms with Crippen LogP contribution in [0.25, 0.3) is 10.9 Å². The Morgan fingerprint density at radius 1 is 1.40 bits per heavy atom. The Morgan fingerprint density at radius 3 is 2.93 bits per heavy atom. The lowest BCUT2D eigenvalue weighted by atomic mass is 10.2. The molecule has 1 unspecified atom stereocenters. The monoisotopic (exact) mass is 206 g/mol. The summed E-state index contributed by atoms with van der Waals surface area (Å²) in [5.74, 6) is -0.194. The molecule has 0 fully saturated rings. The van der Waals surface area contributed by atoms with Crippen molar-refractivity contribution in [3.63, 3.8) is 0 Å². The molecule has 0 saturated heterocycles. The van der Waals surface area contributed by atoms with E-state index in [-0.39, 0.29) is 11.9 Å². The van der Waals surface area contributed by atoms with E-state index in [9.17, 15) is 4.39 Å². The van der Waals surface area contributed by atoms with Gasteiger partial charge in [-0.15, -0.1) is 0 Å². The quantitative estimate of drug-likeness (QED) is 0.822. The molecule has 3 heteroatoms. The molecule has 1 atom stereocenters. The number of rotatable bonds is 3. The zero-order valence-electron chi connectivity index (χ0n) is 8.78. The Bertz CT molecular complexity index is 462. The summed E-state index contributed by atoms with van der Waals surface area (Å²) in [5, 5.41) is 0.929. The summed E-state index contributed by atoms with van der Waals surface area (Å²) in [6.45, 7) is 2.85. The Kier molecular flexibility index (Phi) is 2.73. The third-order valence-electron chi connectivity index (χ3n) is 2.69. The maximum Gasteiger partial charge on any atom is 0.123 e. The van der Waals surface area contributed by atoms with Gasteiger partial charge in [-0.05, 0) is 30.7 Å². The summed E-state index contributed by atoms with van der Waals surface area (Å²) >= 11 is 0. The predicted octanol–water partition coefficient (Wildman–Crippen LogP) is 2.52. The zero-order chi connectivity index (χ0) is 10.8. The fourth-order valence-electron chi connectivity index (χ4n) is 1.71. The molecule has 0 saturated carbocycles. The van der Waals surface area contributed by atoms with Crippen molar-refractivity contribution in [2.45, 2.75) is 25.9 Å². The normalized spacial score (nSPS) is 13.3. The zero-order valence-corrected chi connectivity index (χ0v) is 8.78. The van der Waals surface area contributed by atoms with E-state index in [0.29, 0.717) is 0 Å². The Balaban J connectivity index is 2.36. The van der Waals surface area contributed by atoms with Crippen LogP contribution in [0.1, 0.15) is 13.3 Å². The maximum absolute atomic E-state index is 12.9. The molecule has 0 radical (unpaired) electrons. The van der Waals surface area contributed by atoms with Gasteiger partial charge in [-0.1, -0.05) is 6.92 Å². The van der Waals surface area contributed by atoms with E-state index in [2.05, 4.69) is 11.5 Å². The molecule has 80 valence electrons. The molecule has 0 spiro atoms. The van der Waals surface area contributed by atoms with Crippen molar-refractivity contribution in [1.82, 2.24) is 4.57 Å². The Hall–Kier alpha value is -1.35. The lowest BCUT2D eigenvalue weighted by molar-refractivity contribution is 0.550. The van der Waals surface area contributed by atoms with Crippen molar-refractivity contribution in [2.24, 2.45) is 5.73 Å². The summed E-state index contributed by atoms with van der Waals surface area (Å²) in [6, 6.07) is 6.90. The fraction of sp³-hybridized carbons (Fsp3) is 0.333. The van der Waals surface area contributed by atoms with Gasteiger partial charge in [0.1, 0.15) is 5.82 Å². The van der Waals surface area contributed by atoms with Crippen molar-refractivity contribution in [1.29, 1.82) is 0 Å². The molecule has 2 N–H and O–H groups in total. The summed E-state index contributed by atoms with van der Waals surface area (Å²) in [7, 11) is 0. The fourth-order valence-corrected chi connectivity index (χ4v) is 1.71.